The Morgan fingerprint density at radius 2 is 2.04 bits per heavy atom. The second-order valence-electron chi connectivity index (χ2n) is 7.18. The molecule has 0 fully saturated rings. The molecule has 0 amide bonds. The molecule has 0 saturated heterocycles. The molecule has 0 bridgehead atoms. The van der Waals surface area contributed by atoms with E-state index in [0.717, 1.165) is 32.3 Å². The van der Waals surface area contributed by atoms with Gasteiger partial charge >= 0.3 is 0 Å². The van der Waals surface area contributed by atoms with Crippen LogP contribution >= 0.6 is 0 Å². The summed E-state index contributed by atoms with van der Waals surface area (Å²) in [6, 6.07) is 12.5. The quantitative estimate of drug-likeness (QED) is 0.520. The maximum Gasteiger partial charge on any atom is 0.125 e. The highest BCUT2D eigenvalue weighted by molar-refractivity contribution is 7.83. The summed E-state index contributed by atoms with van der Waals surface area (Å²) in [6.07, 6.45) is 3.89. The third-order valence-corrected chi connectivity index (χ3v) is 6.22. The molecule has 2 N–H and O–H groups in total. The number of benzene rings is 2. The Kier molecular flexibility index (Phi) is 5.05. The summed E-state index contributed by atoms with van der Waals surface area (Å²) in [6.45, 7) is 0.470. The number of aromatic amines is 1. The first-order chi connectivity index (χ1) is 13.4. The Balaban J connectivity index is 1.59. The average Bonchev–Trinajstić information content (AvgIpc) is 3.25. The molecule has 2 unspecified atom stereocenters. The van der Waals surface area contributed by atoms with E-state index in [-0.39, 0.29) is 11.9 Å². The molecule has 4 aromatic rings. The molecular weight excluding hydrogens is 375 g/mol. The second-order valence-corrected chi connectivity index (χ2v) is 8.48. The van der Waals surface area contributed by atoms with Gasteiger partial charge in [-0.05, 0) is 61.4 Å². The first-order valence-corrected chi connectivity index (χ1v) is 10.2. The summed E-state index contributed by atoms with van der Waals surface area (Å²) in [5.41, 5.74) is 2.94. The van der Waals surface area contributed by atoms with E-state index in [1.54, 1.807) is 12.1 Å². The Bertz CT molecular complexity index is 1160. The molecule has 0 radical (unpaired) electrons. The molecular formula is C21H23FN4OS. The molecule has 2 heterocycles. The number of hydrogen-bond acceptors (Lipinski definition) is 2. The molecule has 0 aliphatic carbocycles. The predicted octanol–water partition coefficient (Wildman–Crippen LogP) is 3.71. The van der Waals surface area contributed by atoms with Crippen molar-refractivity contribution in [3.8, 4) is 0 Å². The maximum atomic E-state index is 13.8. The van der Waals surface area contributed by atoms with E-state index >= 15 is 0 Å². The van der Waals surface area contributed by atoms with Crippen molar-refractivity contribution in [1.29, 1.82) is 0 Å². The summed E-state index contributed by atoms with van der Waals surface area (Å²) in [5, 5.41) is 1.96. The molecule has 0 aliphatic rings. The summed E-state index contributed by atoms with van der Waals surface area (Å²) in [4.78, 5) is 5.92. The fourth-order valence-electron chi connectivity index (χ4n) is 3.61. The van der Waals surface area contributed by atoms with Crippen LogP contribution in [-0.2, 0) is 18.0 Å². The fraction of sp³-hybridized carbons (Fsp3) is 0.238. The number of aryl methyl sites for hydroxylation is 1. The minimum atomic E-state index is -1.34. The van der Waals surface area contributed by atoms with Crippen molar-refractivity contribution < 1.29 is 8.60 Å². The minimum Gasteiger partial charge on any atom is -0.361 e. The fourth-order valence-corrected chi connectivity index (χ4v) is 4.50. The Labute approximate surface area is 165 Å². The monoisotopic (exact) mass is 398 g/mol. The number of fused-ring (bicyclic) bond motifs is 2. The highest BCUT2D eigenvalue weighted by Crippen LogP contribution is 2.29. The summed E-state index contributed by atoms with van der Waals surface area (Å²) >= 11 is 0. The molecule has 0 aliphatic heterocycles. The molecule has 7 heteroatoms. The van der Waals surface area contributed by atoms with Crippen LogP contribution in [0.3, 0.4) is 0 Å². The summed E-state index contributed by atoms with van der Waals surface area (Å²) in [7, 11) is 4.55. The molecule has 2 aromatic heterocycles. The highest BCUT2D eigenvalue weighted by atomic mass is 32.2. The summed E-state index contributed by atoms with van der Waals surface area (Å²) in [5.74, 6) is -0.256. The first kappa shape index (κ1) is 18.9. The van der Waals surface area contributed by atoms with Crippen LogP contribution in [0.15, 0.2) is 59.8 Å². The number of rotatable bonds is 6. The van der Waals surface area contributed by atoms with Crippen LogP contribution < -0.4 is 4.72 Å². The Hall–Kier alpha value is -2.48. The molecule has 146 valence electrons. The van der Waals surface area contributed by atoms with Crippen LogP contribution in [0.25, 0.3) is 21.8 Å². The van der Waals surface area contributed by atoms with Crippen molar-refractivity contribution in [2.24, 2.45) is 7.05 Å². The van der Waals surface area contributed by atoms with E-state index in [0.29, 0.717) is 6.54 Å². The molecule has 0 spiro atoms. The SMILES string of the molecule is CN(C)C(CNS(=O)c1ccc2cc[nH]c2c1)c1cn(C)c2ccc(F)cc12. The van der Waals surface area contributed by atoms with Crippen LogP contribution in [0, 0.1) is 5.82 Å². The van der Waals surface area contributed by atoms with Gasteiger partial charge in [-0.2, -0.15) is 0 Å². The van der Waals surface area contributed by atoms with Gasteiger partial charge in [0.1, 0.15) is 16.8 Å². The normalized spacial score (nSPS) is 14.2. The van der Waals surface area contributed by atoms with Crippen LogP contribution in [0.4, 0.5) is 4.39 Å². The number of likely N-dealkylation sites (N-methyl/N-ethyl adjacent to an activating group) is 1. The predicted molar refractivity (Wildman–Crippen MR) is 112 cm³/mol. The number of hydrogen-bond donors (Lipinski definition) is 2. The second kappa shape index (κ2) is 7.50. The van der Waals surface area contributed by atoms with Crippen LogP contribution in [-0.4, -0.2) is 39.3 Å². The van der Waals surface area contributed by atoms with Gasteiger partial charge in [0.15, 0.2) is 0 Å². The lowest BCUT2D eigenvalue weighted by atomic mass is 10.1. The highest BCUT2D eigenvalue weighted by Gasteiger charge is 2.20. The number of halogens is 1. The van der Waals surface area contributed by atoms with Gasteiger partial charge in [-0.15, -0.1) is 0 Å². The standard InChI is InChI=1S/C21H23FN4OS/c1-25(2)21(18-13-26(3)20-7-5-15(22)10-17(18)20)12-24-28(27)16-6-4-14-8-9-23-19(14)11-16/h4-11,13,21,23-24H,12H2,1-3H3. The maximum absolute atomic E-state index is 13.8. The Morgan fingerprint density at radius 1 is 1.21 bits per heavy atom. The van der Waals surface area contributed by atoms with Gasteiger partial charge in [0, 0.05) is 48.4 Å². The lowest BCUT2D eigenvalue weighted by Gasteiger charge is -2.24. The van der Waals surface area contributed by atoms with E-state index in [9.17, 15) is 8.60 Å². The van der Waals surface area contributed by atoms with Crippen molar-refractivity contribution >= 4 is 32.8 Å². The van der Waals surface area contributed by atoms with Gasteiger partial charge in [0.2, 0.25) is 0 Å². The molecule has 2 aromatic carbocycles. The van der Waals surface area contributed by atoms with E-state index in [1.165, 1.54) is 6.07 Å². The van der Waals surface area contributed by atoms with Gasteiger partial charge in [0.05, 0.1) is 4.90 Å². The third kappa shape index (κ3) is 3.48. The number of H-pyrrole nitrogens is 1. The topological polar surface area (TPSA) is 53.1 Å². The van der Waals surface area contributed by atoms with Gasteiger partial charge < -0.3 is 14.5 Å². The zero-order chi connectivity index (χ0) is 19.8. The van der Waals surface area contributed by atoms with Crippen LogP contribution in [0.1, 0.15) is 11.6 Å². The molecule has 4 rings (SSSR count). The van der Waals surface area contributed by atoms with Crippen molar-refractivity contribution in [3.63, 3.8) is 0 Å². The summed E-state index contributed by atoms with van der Waals surface area (Å²) < 4.78 is 31.8. The molecule has 2 atom stereocenters. The van der Waals surface area contributed by atoms with Crippen LogP contribution in [0.2, 0.25) is 0 Å². The largest absolute Gasteiger partial charge is 0.361 e. The van der Waals surface area contributed by atoms with Crippen molar-refractivity contribution in [3.05, 3.63) is 66.2 Å². The number of nitrogens with one attached hydrogen (secondary N) is 2. The lowest BCUT2D eigenvalue weighted by molar-refractivity contribution is 0.302. The van der Waals surface area contributed by atoms with E-state index in [1.807, 2.05) is 62.4 Å². The first-order valence-electron chi connectivity index (χ1n) is 9.07. The molecule has 0 saturated carbocycles. The van der Waals surface area contributed by atoms with E-state index < -0.39 is 11.0 Å². The van der Waals surface area contributed by atoms with E-state index in [2.05, 4.69) is 14.6 Å². The van der Waals surface area contributed by atoms with Gasteiger partial charge in [0.25, 0.3) is 0 Å². The number of nitrogens with zero attached hydrogens (tertiary/aromatic N) is 2. The van der Waals surface area contributed by atoms with Crippen molar-refractivity contribution in [2.45, 2.75) is 10.9 Å². The zero-order valence-corrected chi connectivity index (χ0v) is 16.9. The molecule has 28 heavy (non-hydrogen) atoms. The van der Waals surface area contributed by atoms with E-state index in [4.69, 9.17) is 0 Å². The van der Waals surface area contributed by atoms with Gasteiger partial charge in [-0.1, -0.05) is 6.07 Å². The van der Waals surface area contributed by atoms with Crippen molar-refractivity contribution in [2.75, 3.05) is 20.6 Å². The average molecular weight is 399 g/mol. The van der Waals surface area contributed by atoms with Gasteiger partial charge in [-0.3, -0.25) is 0 Å². The van der Waals surface area contributed by atoms with Crippen LogP contribution in [0.5, 0.6) is 0 Å². The van der Waals surface area contributed by atoms with Crippen molar-refractivity contribution in [1.82, 2.24) is 19.2 Å². The third-order valence-electron chi connectivity index (χ3n) is 5.11. The smallest absolute Gasteiger partial charge is 0.125 e. The minimum absolute atomic E-state index is 0.0522. The lowest BCUT2D eigenvalue weighted by Crippen LogP contribution is -2.32. The van der Waals surface area contributed by atoms with Gasteiger partial charge in [-0.25, -0.2) is 13.3 Å². The molecule has 5 nitrogen and oxygen atoms in total. The zero-order valence-electron chi connectivity index (χ0n) is 16.1. The Morgan fingerprint density at radius 3 is 2.82 bits per heavy atom. The number of aromatic nitrogens is 2.